The lowest BCUT2D eigenvalue weighted by molar-refractivity contribution is 0.104. The number of methoxy groups -OCH3 is 1. The molecular weight excluding hydrogens is 314 g/mol. The fourth-order valence-electron chi connectivity index (χ4n) is 1.94. The standard InChI is InChI=1S/C17H17NO4S/c1-13(12-17(19)14-6-4-3-5-7-14)18-23(20,21)16-10-8-15(22-2)9-11-16/h3-12,18H,1-2H3/b13-12-. The number of benzene rings is 2. The first-order valence-electron chi connectivity index (χ1n) is 6.87. The van der Waals surface area contributed by atoms with Crippen LogP contribution in [0.3, 0.4) is 0 Å². The number of hydrogen-bond acceptors (Lipinski definition) is 4. The Bertz CT molecular complexity index is 809. The largest absolute Gasteiger partial charge is 0.497 e. The molecule has 0 fully saturated rings. The summed E-state index contributed by atoms with van der Waals surface area (Å²) >= 11 is 0. The lowest BCUT2D eigenvalue weighted by Crippen LogP contribution is -2.22. The summed E-state index contributed by atoms with van der Waals surface area (Å²) in [6.45, 7) is 1.53. The van der Waals surface area contributed by atoms with Gasteiger partial charge in [-0.2, -0.15) is 0 Å². The van der Waals surface area contributed by atoms with Gasteiger partial charge in [-0.3, -0.25) is 9.52 Å². The molecule has 0 radical (unpaired) electrons. The van der Waals surface area contributed by atoms with E-state index in [1.807, 2.05) is 0 Å². The number of rotatable bonds is 6. The van der Waals surface area contributed by atoms with E-state index >= 15 is 0 Å². The summed E-state index contributed by atoms with van der Waals surface area (Å²) in [5, 5.41) is 0. The van der Waals surface area contributed by atoms with Crippen LogP contribution in [0.15, 0.2) is 71.3 Å². The van der Waals surface area contributed by atoms with E-state index in [4.69, 9.17) is 4.74 Å². The van der Waals surface area contributed by atoms with Crippen molar-refractivity contribution < 1.29 is 17.9 Å². The highest BCUT2D eigenvalue weighted by Gasteiger charge is 2.14. The van der Waals surface area contributed by atoms with Gasteiger partial charge in [-0.25, -0.2) is 8.42 Å². The third kappa shape index (κ3) is 4.43. The molecule has 1 N–H and O–H groups in total. The average Bonchev–Trinajstić information content (AvgIpc) is 2.55. The average molecular weight is 331 g/mol. The Morgan fingerprint density at radius 3 is 2.22 bits per heavy atom. The Hall–Kier alpha value is -2.60. The molecule has 0 saturated carbocycles. The fraction of sp³-hybridized carbons (Fsp3) is 0.118. The summed E-state index contributed by atoms with van der Waals surface area (Å²) in [5.41, 5.74) is 0.741. The first-order valence-corrected chi connectivity index (χ1v) is 8.35. The maximum absolute atomic E-state index is 12.3. The molecule has 0 aliphatic rings. The number of ketones is 1. The van der Waals surface area contributed by atoms with Crippen LogP contribution in [-0.2, 0) is 10.0 Å². The lowest BCUT2D eigenvalue weighted by Gasteiger charge is -2.09. The van der Waals surface area contributed by atoms with Gasteiger partial charge in [0, 0.05) is 17.3 Å². The maximum atomic E-state index is 12.3. The van der Waals surface area contributed by atoms with Gasteiger partial charge in [0.1, 0.15) is 5.75 Å². The Morgan fingerprint density at radius 2 is 1.65 bits per heavy atom. The summed E-state index contributed by atoms with van der Waals surface area (Å²) in [5.74, 6) is 0.302. The highest BCUT2D eigenvalue weighted by molar-refractivity contribution is 7.89. The normalized spacial score (nSPS) is 11.8. The van der Waals surface area contributed by atoms with Crippen LogP contribution in [0.4, 0.5) is 0 Å². The second-order valence-electron chi connectivity index (χ2n) is 4.84. The molecule has 2 aromatic rings. The molecule has 5 nitrogen and oxygen atoms in total. The van der Waals surface area contributed by atoms with E-state index in [9.17, 15) is 13.2 Å². The van der Waals surface area contributed by atoms with Crippen molar-refractivity contribution in [2.75, 3.05) is 7.11 Å². The Labute approximate surface area is 135 Å². The van der Waals surface area contributed by atoms with Gasteiger partial charge in [0.25, 0.3) is 10.0 Å². The second-order valence-corrected chi connectivity index (χ2v) is 6.52. The van der Waals surface area contributed by atoms with Crippen molar-refractivity contribution in [1.29, 1.82) is 0 Å². The number of sulfonamides is 1. The monoisotopic (exact) mass is 331 g/mol. The van der Waals surface area contributed by atoms with Crippen molar-refractivity contribution in [3.63, 3.8) is 0 Å². The fourth-order valence-corrected chi connectivity index (χ4v) is 3.03. The molecule has 0 amide bonds. The van der Waals surface area contributed by atoms with Crippen LogP contribution in [0.25, 0.3) is 0 Å². The maximum Gasteiger partial charge on any atom is 0.261 e. The van der Waals surface area contributed by atoms with Crippen molar-refractivity contribution in [2.24, 2.45) is 0 Å². The zero-order chi connectivity index (χ0) is 16.9. The molecule has 2 aromatic carbocycles. The first kappa shape index (κ1) is 16.8. The Kier molecular flexibility index (Phi) is 5.18. The van der Waals surface area contributed by atoms with E-state index in [0.29, 0.717) is 11.3 Å². The van der Waals surface area contributed by atoms with Crippen LogP contribution >= 0.6 is 0 Å². The smallest absolute Gasteiger partial charge is 0.261 e. The van der Waals surface area contributed by atoms with Crippen LogP contribution in [-0.4, -0.2) is 21.3 Å². The predicted octanol–water partition coefficient (Wildman–Crippen LogP) is 2.76. The predicted molar refractivity (Wildman–Crippen MR) is 87.8 cm³/mol. The van der Waals surface area contributed by atoms with Gasteiger partial charge in [0.2, 0.25) is 0 Å². The number of allylic oxidation sites excluding steroid dienone is 2. The van der Waals surface area contributed by atoms with Crippen LogP contribution in [0.5, 0.6) is 5.75 Å². The summed E-state index contributed by atoms with van der Waals surface area (Å²) in [4.78, 5) is 12.1. The van der Waals surface area contributed by atoms with Gasteiger partial charge in [0.05, 0.1) is 12.0 Å². The first-order chi connectivity index (χ1) is 10.9. The van der Waals surface area contributed by atoms with Gasteiger partial charge >= 0.3 is 0 Å². The SMILES string of the molecule is COc1ccc(S(=O)(=O)N/C(C)=C\C(=O)c2ccccc2)cc1. The van der Waals surface area contributed by atoms with E-state index < -0.39 is 10.0 Å². The number of carbonyl (C=O) groups is 1. The molecule has 0 bridgehead atoms. The zero-order valence-corrected chi connectivity index (χ0v) is 13.6. The quantitative estimate of drug-likeness (QED) is 0.652. The molecule has 23 heavy (non-hydrogen) atoms. The van der Waals surface area contributed by atoms with Crippen molar-refractivity contribution >= 4 is 15.8 Å². The lowest BCUT2D eigenvalue weighted by atomic mass is 10.1. The van der Waals surface area contributed by atoms with Crippen molar-refractivity contribution in [1.82, 2.24) is 4.72 Å². The third-order valence-electron chi connectivity index (χ3n) is 3.07. The molecule has 0 heterocycles. The minimum atomic E-state index is -3.74. The molecule has 0 aliphatic carbocycles. The number of nitrogens with one attached hydrogen (secondary N) is 1. The second kappa shape index (κ2) is 7.11. The number of carbonyl (C=O) groups excluding carboxylic acids is 1. The van der Waals surface area contributed by atoms with E-state index in [1.54, 1.807) is 42.5 Å². The Balaban J connectivity index is 2.15. The highest BCUT2D eigenvalue weighted by atomic mass is 32.2. The summed E-state index contributed by atoms with van der Waals surface area (Å²) in [7, 11) is -2.23. The minimum absolute atomic E-state index is 0.0956. The molecule has 0 spiro atoms. The van der Waals surface area contributed by atoms with Gasteiger partial charge < -0.3 is 4.74 Å². The van der Waals surface area contributed by atoms with Gasteiger partial charge in [-0.05, 0) is 31.2 Å². The number of hydrogen-bond donors (Lipinski definition) is 1. The summed E-state index contributed by atoms with van der Waals surface area (Å²) in [6, 6.07) is 14.6. The molecule has 0 atom stereocenters. The van der Waals surface area contributed by atoms with Crippen molar-refractivity contribution in [2.45, 2.75) is 11.8 Å². The molecule has 0 aliphatic heterocycles. The summed E-state index contributed by atoms with van der Waals surface area (Å²) < 4.78 is 31.9. The van der Waals surface area contributed by atoms with Crippen LogP contribution in [0.1, 0.15) is 17.3 Å². The van der Waals surface area contributed by atoms with Crippen LogP contribution in [0, 0.1) is 0 Å². The van der Waals surface area contributed by atoms with Gasteiger partial charge in [0.15, 0.2) is 5.78 Å². The van der Waals surface area contributed by atoms with Crippen LogP contribution < -0.4 is 9.46 Å². The molecule has 6 heteroatoms. The van der Waals surface area contributed by atoms with Gasteiger partial charge in [-0.1, -0.05) is 30.3 Å². The molecule has 120 valence electrons. The minimum Gasteiger partial charge on any atom is -0.497 e. The molecule has 0 saturated heterocycles. The molecular formula is C17H17NO4S. The Morgan fingerprint density at radius 1 is 1.04 bits per heavy atom. The summed E-state index contributed by atoms with van der Waals surface area (Å²) in [6.07, 6.45) is 1.26. The van der Waals surface area contributed by atoms with E-state index in [-0.39, 0.29) is 16.4 Å². The van der Waals surface area contributed by atoms with E-state index in [2.05, 4.69) is 4.72 Å². The zero-order valence-electron chi connectivity index (χ0n) is 12.8. The number of ether oxygens (including phenoxy) is 1. The molecule has 2 rings (SSSR count). The topological polar surface area (TPSA) is 72.5 Å². The molecule has 0 aromatic heterocycles. The molecule has 0 unspecified atom stereocenters. The van der Waals surface area contributed by atoms with Gasteiger partial charge in [-0.15, -0.1) is 0 Å². The third-order valence-corrected chi connectivity index (χ3v) is 4.55. The van der Waals surface area contributed by atoms with Crippen molar-refractivity contribution in [3.8, 4) is 5.75 Å². The van der Waals surface area contributed by atoms with Crippen molar-refractivity contribution in [3.05, 3.63) is 71.9 Å². The van der Waals surface area contributed by atoms with E-state index in [0.717, 1.165) is 0 Å². The van der Waals surface area contributed by atoms with Crippen LogP contribution in [0.2, 0.25) is 0 Å². The van der Waals surface area contributed by atoms with E-state index in [1.165, 1.54) is 32.2 Å². The highest BCUT2D eigenvalue weighted by Crippen LogP contribution is 2.16.